The third-order valence-electron chi connectivity index (χ3n) is 10.7. The van der Waals surface area contributed by atoms with E-state index in [0.717, 1.165) is 6.92 Å². The van der Waals surface area contributed by atoms with E-state index in [1.165, 1.54) is 6.92 Å². The highest BCUT2D eigenvalue weighted by Gasteiger charge is 2.56. The predicted octanol–water partition coefficient (Wildman–Crippen LogP) is -10.8. The van der Waals surface area contributed by atoms with Gasteiger partial charge in [0, 0.05) is 6.92 Å². The van der Waals surface area contributed by atoms with Crippen LogP contribution in [0.3, 0.4) is 0 Å². The van der Waals surface area contributed by atoms with Gasteiger partial charge in [0.25, 0.3) is 0 Å². The van der Waals surface area contributed by atoms with E-state index < -0.39 is 186 Å². The zero-order chi connectivity index (χ0) is 42.9. The standard InChI is InChI=1S/C32H55NO25/c1-7-14(39)17(42)20(45)30(50-7)58-27-23(48)28(49)51-12(6-37)26(27)57-32-22(47)19(44)25(11(5-36)54-32)55-29-13(33-8(2)38)16(41)24(10(4-35)53-29)56-31-21(46)18(43)15(40)9(3-34)52-31/h7,9-32,34-37,39-49H,3-6H2,1-2H3,(H,33,38)/t7-,9+,10+,11+,12+,13+,14+,15-,16+,17+,18-,19+,20-,21+,22+,23+,24+,25-,26+,27+,28?,29-,30-,31-,32-/m0/s1. The second kappa shape index (κ2) is 20.1. The molecule has 0 saturated carbocycles. The third kappa shape index (κ3) is 9.75. The summed E-state index contributed by atoms with van der Waals surface area (Å²) in [6.45, 7) is -1.26. The topological polar surface area (TPSA) is 416 Å². The van der Waals surface area contributed by atoms with Gasteiger partial charge in [-0.05, 0) is 6.92 Å². The molecule has 1 amide bonds. The SMILES string of the molecule is CC(=O)N[C@H]1[C@H](O[C@@H]2[C@H](O)[C@@H](O)[C@H](O[C@H]3[C@H](O[C@@H]4O[C@@H](C)[C@@H](O)[C@@H](O)[C@@H]4O)[C@@H](O)C(O)O[C@@H]3CO)O[C@@H]2CO)O[C@H](CO)[C@@H](O[C@@H]2O[C@H](CO)[C@H](O)[C@H](O)[C@H]2O)[C@@H]1O. The number of rotatable bonds is 13. The van der Waals surface area contributed by atoms with Crippen molar-refractivity contribution in [1.29, 1.82) is 0 Å². The van der Waals surface area contributed by atoms with Crippen molar-refractivity contribution < 1.29 is 124 Å². The first-order chi connectivity index (χ1) is 27.4. The van der Waals surface area contributed by atoms with Crippen LogP contribution in [0, 0.1) is 0 Å². The van der Waals surface area contributed by atoms with Crippen LogP contribution in [0.1, 0.15) is 13.8 Å². The van der Waals surface area contributed by atoms with Crippen LogP contribution < -0.4 is 5.32 Å². The quantitative estimate of drug-likeness (QED) is 0.0818. The van der Waals surface area contributed by atoms with Gasteiger partial charge in [0.1, 0.15) is 116 Å². The van der Waals surface area contributed by atoms with E-state index in [1.807, 2.05) is 0 Å². The lowest BCUT2D eigenvalue weighted by Crippen LogP contribution is -2.70. The number of nitrogens with one attached hydrogen (secondary N) is 1. The number of carbonyl (C=O) groups excluding carboxylic acids is 1. The minimum atomic E-state index is -2.13. The first kappa shape index (κ1) is 47.6. The Balaban J connectivity index is 1.33. The molecule has 5 heterocycles. The molecule has 25 atom stereocenters. The maximum atomic E-state index is 12.3. The molecule has 0 radical (unpaired) electrons. The van der Waals surface area contributed by atoms with Gasteiger partial charge in [-0.2, -0.15) is 0 Å². The molecule has 0 aromatic carbocycles. The average Bonchev–Trinajstić information content (AvgIpc) is 3.19. The normalized spacial score (nSPS) is 51.6. The number of hydrogen-bond acceptors (Lipinski definition) is 25. The molecule has 0 aromatic heterocycles. The second-order valence-electron chi connectivity index (χ2n) is 14.7. The van der Waals surface area contributed by atoms with Crippen molar-refractivity contribution in [3.05, 3.63) is 0 Å². The fourth-order valence-corrected chi connectivity index (χ4v) is 7.37. The summed E-state index contributed by atoms with van der Waals surface area (Å²) in [6.07, 6.45) is -42.6. The van der Waals surface area contributed by atoms with Gasteiger partial charge in [-0.3, -0.25) is 4.79 Å². The van der Waals surface area contributed by atoms with E-state index in [-0.39, 0.29) is 0 Å². The molecule has 5 aliphatic heterocycles. The molecule has 26 nitrogen and oxygen atoms in total. The minimum Gasteiger partial charge on any atom is -0.394 e. The summed E-state index contributed by atoms with van der Waals surface area (Å²) in [4.78, 5) is 12.3. The van der Waals surface area contributed by atoms with Crippen LogP contribution in [-0.4, -0.2) is 262 Å². The number of aliphatic hydroxyl groups excluding tert-OH is 15. The largest absolute Gasteiger partial charge is 0.394 e. The van der Waals surface area contributed by atoms with Gasteiger partial charge in [-0.15, -0.1) is 0 Å². The van der Waals surface area contributed by atoms with Crippen molar-refractivity contribution in [2.45, 2.75) is 167 Å². The van der Waals surface area contributed by atoms with Gasteiger partial charge in [0.2, 0.25) is 5.91 Å². The molecule has 0 aromatic rings. The van der Waals surface area contributed by atoms with Crippen molar-refractivity contribution in [2.24, 2.45) is 0 Å². The Bertz CT molecular complexity index is 1300. The fourth-order valence-electron chi connectivity index (χ4n) is 7.37. The van der Waals surface area contributed by atoms with Crippen molar-refractivity contribution in [3.8, 4) is 0 Å². The Morgan fingerprint density at radius 3 is 1.41 bits per heavy atom. The molecule has 0 bridgehead atoms. The molecule has 0 aliphatic carbocycles. The Labute approximate surface area is 329 Å². The van der Waals surface area contributed by atoms with Crippen LogP contribution in [0.25, 0.3) is 0 Å². The lowest BCUT2D eigenvalue weighted by Gasteiger charge is -2.50. The minimum absolute atomic E-state index is 0.772. The molecule has 16 N–H and O–H groups in total. The van der Waals surface area contributed by atoms with Crippen LogP contribution in [0.5, 0.6) is 0 Å². The number of amides is 1. The first-order valence-electron chi connectivity index (χ1n) is 18.5. The summed E-state index contributed by atoms with van der Waals surface area (Å²) in [5, 5.41) is 159. The van der Waals surface area contributed by atoms with Crippen molar-refractivity contribution >= 4 is 5.91 Å². The predicted molar refractivity (Wildman–Crippen MR) is 177 cm³/mol. The van der Waals surface area contributed by atoms with Crippen molar-refractivity contribution in [3.63, 3.8) is 0 Å². The zero-order valence-electron chi connectivity index (χ0n) is 31.1. The van der Waals surface area contributed by atoms with E-state index in [0.29, 0.717) is 0 Å². The summed E-state index contributed by atoms with van der Waals surface area (Å²) in [6, 6.07) is -1.64. The van der Waals surface area contributed by atoms with Gasteiger partial charge in [-0.25, -0.2) is 0 Å². The smallest absolute Gasteiger partial charge is 0.217 e. The Morgan fingerprint density at radius 2 is 0.862 bits per heavy atom. The summed E-state index contributed by atoms with van der Waals surface area (Å²) in [5.74, 6) is -0.772. The highest BCUT2D eigenvalue weighted by molar-refractivity contribution is 5.73. The van der Waals surface area contributed by atoms with Crippen LogP contribution >= 0.6 is 0 Å². The average molecular weight is 854 g/mol. The Kier molecular flexibility index (Phi) is 16.5. The first-order valence-corrected chi connectivity index (χ1v) is 18.5. The Hall–Kier alpha value is -1.49. The number of aliphatic hydroxyl groups is 15. The lowest BCUT2D eigenvalue weighted by molar-refractivity contribution is -0.391. The molecule has 5 rings (SSSR count). The molecule has 26 heteroatoms. The lowest BCUT2D eigenvalue weighted by atomic mass is 9.94. The summed E-state index contributed by atoms with van der Waals surface area (Å²) in [7, 11) is 0. The maximum absolute atomic E-state index is 12.3. The monoisotopic (exact) mass is 853 g/mol. The van der Waals surface area contributed by atoms with E-state index >= 15 is 0 Å². The molecule has 338 valence electrons. The van der Waals surface area contributed by atoms with E-state index in [2.05, 4.69) is 5.32 Å². The van der Waals surface area contributed by atoms with E-state index in [4.69, 9.17) is 42.6 Å². The number of ether oxygens (including phenoxy) is 9. The highest BCUT2D eigenvalue weighted by atomic mass is 16.8. The molecule has 5 fully saturated rings. The zero-order valence-corrected chi connectivity index (χ0v) is 31.1. The van der Waals surface area contributed by atoms with E-state index in [9.17, 15) is 81.4 Å². The van der Waals surface area contributed by atoms with Crippen LogP contribution in [0.2, 0.25) is 0 Å². The van der Waals surface area contributed by atoms with Gasteiger partial charge in [0.05, 0.1) is 32.5 Å². The van der Waals surface area contributed by atoms with Gasteiger partial charge < -0.3 is 125 Å². The van der Waals surface area contributed by atoms with Crippen molar-refractivity contribution in [2.75, 3.05) is 26.4 Å². The molecule has 1 unspecified atom stereocenters. The number of carbonyl (C=O) groups is 1. The molecule has 5 aliphatic rings. The fraction of sp³-hybridized carbons (Fsp3) is 0.969. The molecule has 58 heavy (non-hydrogen) atoms. The van der Waals surface area contributed by atoms with E-state index in [1.54, 1.807) is 0 Å². The van der Waals surface area contributed by atoms with Crippen LogP contribution in [-0.2, 0) is 47.4 Å². The molecule has 0 spiro atoms. The van der Waals surface area contributed by atoms with Crippen molar-refractivity contribution in [1.82, 2.24) is 5.32 Å². The summed E-state index contributed by atoms with van der Waals surface area (Å²) in [5.41, 5.74) is 0. The summed E-state index contributed by atoms with van der Waals surface area (Å²) >= 11 is 0. The van der Waals surface area contributed by atoms with Gasteiger partial charge in [-0.1, -0.05) is 0 Å². The molecular weight excluding hydrogens is 798 g/mol. The number of hydrogen-bond donors (Lipinski definition) is 16. The Morgan fingerprint density at radius 1 is 0.448 bits per heavy atom. The van der Waals surface area contributed by atoms with Crippen LogP contribution in [0.4, 0.5) is 0 Å². The second-order valence-corrected chi connectivity index (χ2v) is 14.7. The maximum Gasteiger partial charge on any atom is 0.217 e. The van der Waals surface area contributed by atoms with Gasteiger partial charge >= 0.3 is 0 Å². The summed E-state index contributed by atoms with van der Waals surface area (Å²) < 4.78 is 50.6. The van der Waals surface area contributed by atoms with Crippen LogP contribution in [0.15, 0.2) is 0 Å². The van der Waals surface area contributed by atoms with Gasteiger partial charge in [0.15, 0.2) is 31.5 Å². The molecule has 5 saturated heterocycles. The molecular formula is C32H55NO25. The third-order valence-corrected chi connectivity index (χ3v) is 10.7. The highest BCUT2D eigenvalue weighted by Crippen LogP contribution is 2.36.